The predicted molar refractivity (Wildman–Crippen MR) is 34.9 cm³/mol. The topological polar surface area (TPSA) is 40.5 Å². The van der Waals surface area contributed by atoms with Crippen molar-refractivity contribution in [1.29, 1.82) is 0 Å². The molecule has 0 heterocycles. The first-order valence-electron chi connectivity index (χ1n) is 2.90. The number of hydrogen-bond donors (Lipinski definition) is 2. The molecule has 0 saturated carbocycles. The fourth-order valence-electron chi connectivity index (χ4n) is 0.900. The maximum absolute atomic E-state index is 9.31. The van der Waals surface area contributed by atoms with E-state index in [0.717, 1.165) is 0 Å². The van der Waals surface area contributed by atoms with Gasteiger partial charge in [0.2, 0.25) is 0 Å². The van der Waals surface area contributed by atoms with E-state index >= 15 is 0 Å². The molecule has 2 heteroatoms. The lowest BCUT2D eigenvalue weighted by molar-refractivity contribution is 0.0983. The zero-order valence-electron chi connectivity index (χ0n) is 5.12. The van der Waals surface area contributed by atoms with Crippen molar-refractivity contribution in [2.75, 3.05) is 0 Å². The molecule has 2 atom stereocenters. The molecule has 0 aromatic rings. The van der Waals surface area contributed by atoms with E-state index in [-0.39, 0.29) is 0 Å². The van der Waals surface area contributed by atoms with Gasteiger partial charge in [-0.3, -0.25) is 0 Å². The molecule has 0 aromatic carbocycles. The van der Waals surface area contributed by atoms with Crippen LogP contribution in [0.25, 0.3) is 0 Å². The van der Waals surface area contributed by atoms with Crippen molar-refractivity contribution in [3.05, 3.63) is 24.8 Å². The molecule has 0 spiro atoms. The van der Waals surface area contributed by atoms with Crippen LogP contribution in [-0.4, -0.2) is 21.9 Å². The average Bonchev–Trinajstić information content (AvgIpc) is 2.13. The van der Waals surface area contributed by atoms with Crippen LogP contribution in [-0.2, 0) is 0 Å². The molecule has 9 heavy (non-hydrogen) atoms. The number of hydrogen-bond acceptors (Lipinski definition) is 2. The van der Waals surface area contributed by atoms with Gasteiger partial charge in [0.15, 0.2) is 0 Å². The minimum absolute atomic E-state index is 0.344. The van der Waals surface area contributed by atoms with E-state index in [9.17, 15) is 5.11 Å². The van der Waals surface area contributed by atoms with Crippen LogP contribution in [0.4, 0.5) is 0 Å². The summed E-state index contributed by atoms with van der Waals surface area (Å²) in [6.45, 7) is 3.44. The van der Waals surface area contributed by atoms with Crippen molar-refractivity contribution in [3.8, 4) is 0 Å². The second kappa shape index (κ2) is 1.97. The van der Waals surface area contributed by atoms with E-state index in [2.05, 4.69) is 6.58 Å². The summed E-state index contributed by atoms with van der Waals surface area (Å²) in [5.41, 5.74) is -0.959. The van der Waals surface area contributed by atoms with Crippen LogP contribution in [0.15, 0.2) is 24.8 Å². The lowest BCUT2D eigenvalue weighted by atomic mass is 10.0. The van der Waals surface area contributed by atoms with Gasteiger partial charge in [0.25, 0.3) is 0 Å². The minimum Gasteiger partial charge on any atom is -0.389 e. The molecule has 1 aliphatic rings. The molecule has 2 N–H and O–H groups in total. The maximum Gasteiger partial charge on any atom is 0.103 e. The molecular weight excluding hydrogens is 116 g/mol. The quantitative estimate of drug-likeness (QED) is 0.493. The molecule has 1 rings (SSSR count). The zero-order valence-corrected chi connectivity index (χ0v) is 5.12. The van der Waals surface area contributed by atoms with E-state index < -0.39 is 11.7 Å². The average molecular weight is 126 g/mol. The van der Waals surface area contributed by atoms with Gasteiger partial charge in [-0.25, -0.2) is 0 Å². The molecule has 0 saturated heterocycles. The summed E-state index contributed by atoms with van der Waals surface area (Å²) in [5.74, 6) is 0. The molecule has 0 aromatic heterocycles. The Morgan fingerprint density at radius 1 is 1.78 bits per heavy atom. The van der Waals surface area contributed by atoms with E-state index in [0.29, 0.717) is 6.42 Å². The van der Waals surface area contributed by atoms with Crippen LogP contribution in [0.2, 0.25) is 0 Å². The molecule has 0 amide bonds. The van der Waals surface area contributed by atoms with E-state index in [4.69, 9.17) is 5.11 Å². The second-order valence-corrected chi connectivity index (χ2v) is 2.33. The van der Waals surface area contributed by atoms with Crippen LogP contribution < -0.4 is 0 Å². The number of aliphatic hydroxyl groups is 2. The van der Waals surface area contributed by atoms with Crippen molar-refractivity contribution >= 4 is 0 Å². The summed E-state index contributed by atoms with van der Waals surface area (Å²) in [5, 5.41) is 18.2. The van der Waals surface area contributed by atoms with Crippen LogP contribution in [0.5, 0.6) is 0 Å². The number of aliphatic hydroxyl groups excluding tert-OH is 1. The lowest BCUT2D eigenvalue weighted by Crippen LogP contribution is -2.21. The Kier molecular flexibility index (Phi) is 1.43. The van der Waals surface area contributed by atoms with E-state index in [1.807, 2.05) is 0 Å². The highest BCUT2D eigenvalue weighted by Crippen LogP contribution is 2.22. The molecule has 2 nitrogen and oxygen atoms in total. The van der Waals surface area contributed by atoms with Crippen LogP contribution in [0, 0.1) is 0 Å². The van der Waals surface area contributed by atoms with Crippen molar-refractivity contribution in [2.45, 2.75) is 18.1 Å². The second-order valence-electron chi connectivity index (χ2n) is 2.33. The molecule has 50 valence electrons. The van der Waals surface area contributed by atoms with E-state index in [1.165, 1.54) is 6.08 Å². The standard InChI is InChI=1S/C7H10O2/c1-2-7(9)4-3-6(8)5-7/h2-4,6,8-9H,1,5H2/t6-,7+/m0/s1. The molecule has 0 unspecified atom stereocenters. The molecule has 0 fully saturated rings. The zero-order chi connectivity index (χ0) is 6.91. The van der Waals surface area contributed by atoms with Crippen LogP contribution in [0.3, 0.4) is 0 Å². The third kappa shape index (κ3) is 1.20. The number of rotatable bonds is 1. The minimum atomic E-state index is -0.959. The molecular formula is C7H10O2. The summed E-state index contributed by atoms with van der Waals surface area (Å²) in [7, 11) is 0. The van der Waals surface area contributed by atoms with Gasteiger partial charge < -0.3 is 10.2 Å². The fraction of sp³-hybridized carbons (Fsp3) is 0.429. The van der Waals surface area contributed by atoms with Crippen molar-refractivity contribution < 1.29 is 10.2 Å². The normalized spacial score (nSPS) is 41.3. The van der Waals surface area contributed by atoms with Gasteiger partial charge in [-0.05, 0) is 0 Å². The summed E-state index contributed by atoms with van der Waals surface area (Å²) in [6.07, 6.45) is 4.40. The van der Waals surface area contributed by atoms with Gasteiger partial charge in [0.05, 0.1) is 6.10 Å². The van der Waals surface area contributed by atoms with E-state index in [1.54, 1.807) is 12.2 Å². The Morgan fingerprint density at radius 2 is 2.44 bits per heavy atom. The molecule has 0 aliphatic heterocycles. The lowest BCUT2D eigenvalue weighted by Gasteiger charge is -2.14. The summed E-state index contributed by atoms with van der Waals surface area (Å²) in [4.78, 5) is 0. The smallest absolute Gasteiger partial charge is 0.103 e. The van der Waals surface area contributed by atoms with Crippen LogP contribution >= 0.6 is 0 Å². The molecule has 1 aliphatic carbocycles. The first-order valence-corrected chi connectivity index (χ1v) is 2.90. The highest BCUT2D eigenvalue weighted by Gasteiger charge is 2.27. The first-order chi connectivity index (χ1) is 4.16. The van der Waals surface area contributed by atoms with Gasteiger partial charge >= 0.3 is 0 Å². The maximum atomic E-state index is 9.31. The highest BCUT2D eigenvalue weighted by molar-refractivity contribution is 5.19. The predicted octanol–water partition coefficient (Wildman–Crippen LogP) is 0.224. The highest BCUT2D eigenvalue weighted by atomic mass is 16.3. The molecule has 0 radical (unpaired) electrons. The van der Waals surface area contributed by atoms with Gasteiger partial charge in [-0.1, -0.05) is 24.8 Å². The Balaban J connectivity index is 2.67. The third-order valence-electron chi connectivity index (χ3n) is 1.50. The van der Waals surface area contributed by atoms with Gasteiger partial charge in [-0.2, -0.15) is 0 Å². The third-order valence-corrected chi connectivity index (χ3v) is 1.50. The fourth-order valence-corrected chi connectivity index (χ4v) is 0.900. The Bertz CT molecular complexity index is 151. The van der Waals surface area contributed by atoms with Gasteiger partial charge in [0, 0.05) is 6.42 Å². The largest absolute Gasteiger partial charge is 0.389 e. The Morgan fingerprint density at radius 3 is 2.67 bits per heavy atom. The SMILES string of the molecule is C=C[C@@]1(O)C=C[C@H](O)C1. The summed E-state index contributed by atoms with van der Waals surface area (Å²) in [6, 6.07) is 0. The monoisotopic (exact) mass is 126 g/mol. The summed E-state index contributed by atoms with van der Waals surface area (Å²) >= 11 is 0. The van der Waals surface area contributed by atoms with Crippen molar-refractivity contribution in [2.24, 2.45) is 0 Å². The Hall–Kier alpha value is -0.600. The Labute approximate surface area is 54.1 Å². The van der Waals surface area contributed by atoms with Gasteiger partial charge in [0.1, 0.15) is 5.60 Å². The molecule has 0 bridgehead atoms. The first kappa shape index (κ1) is 6.52. The van der Waals surface area contributed by atoms with Crippen molar-refractivity contribution in [3.63, 3.8) is 0 Å². The van der Waals surface area contributed by atoms with Gasteiger partial charge in [-0.15, -0.1) is 0 Å². The summed E-state index contributed by atoms with van der Waals surface area (Å²) < 4.78 is 0. The van der Waals surface area contributed by atoms with Crippen molar-refractivity contribution in [1.82, 2.24) is 0 Å². The van der Waals surface area contributed by atoms with Crippen LogP contribution in [0.1, 0.15) is 6.42 Å².